The van der Waals surface area contributed by atoms with E-state index in [0.717, 1.165) is 19.3 Å². The lowest BCUT2D eigenvalue weighted by atomic mass is 9.92. The Bertz CT molecular complexity index is 1300. The van der Waals surface area contributed by atoms with Crippen molar-refractivity contribution in [3.63, 3.8) is 0 Å². The second-order valence-electron chi connectivity index (χ2n) is 17.0. The van der Waals surface area contributed by atoms with Gasteiger partial charge in [0.1, 0.15) is 5.60 Å². The fourth-order valence-corrected chi connectivity index (χ4v) is 8.02. The fourth-order valence-electron chi connectivity index (χ4n) is 6.39. The summed E-state index contributed by atoms with van der Waals surface area (Å²) in [6.45, 7) is 17.9. The number of hydrogen-bond donors (Lipinski definition) is 6. The average molecular weight is 1100 g/mol. The smallest absolute Gasteiger partial charge is 0.259 e. The van der Waals surface area contributed by atoms with Crippen molar-refractivity contribution in [2.24, 2.45) is 5.41 Å². The topological polar surface area (TPSA) is 250 Å². The Kier molecular flexibility index (Phi) is 56.1. The maximum atomic E-state index is 9.01. The molecule has 0 aliphatic heterocycles. The summed E-state index contributed by atoms with van der Waals surface area (Å²) in [7, 11) is 2.60. The van der Waals surface area contributed by atoms with Gasteiger partial charge in [0.05, 0.1) is 84.0 Å². The number of rotatable bonds is 49. The van der Waals surface area contributed by atoms with Gasteiger partial charge in [-0.3, -0.25) is 0 Å². The monoisotopic (exact) mass is 1100 g/mol. The van der Waals surface area contributed by atoms with Crippen LogP contribution in [0.25, 0.3) is 0 Å². The fraction of sp³-hybridized carbons (Fsp3) is 0.870. The van der Waals surface area contributed by atoms with Crippen molar-refractivity contribution in [2.75, 3.05) is 160 Å². The van der Waals surface area contributed by atoms with E-state index in [1.165, 1.54) is 26.9 Å². The highest BCUT2D eigenvalue weighted by Gasteiger charge is 2.34. The zero-order valence-electron chi connectivity index (χ0n) is 52.9. The quantitative estimate of drug-likeness (QED) is 0.0281. The van der Waals surface area contributed by atoms with Crippen LogP contribution >= 0.6 is 8.53 Å². The second-order valence-corrected chi connectivity index (χ2v) is 18.5. The molecule has 1 rings (SSSR count). The van der Waals surface area contributed by atoms with Gasteiger partial charge in [-0.1, -0.05) is 51.0 Å². The number of hydrogen-bond acceptors (Lipinski definition) is 19. The van der Waals surface area contributed by atoms with Gasteiger partial charge in [-0.05, 0) is 97.5 Å². The molecule has 0 heterocycles. The minimum atomic E-state index is -1.27. The highest BCUT2D eigenvalue weighted by Crippen LogP contribution is 2.46. The summed E-state index contributed by atoms with van der Waals surface area (Å²) in [5, 5.41) is 46.4. The van der Waals surface area contributed by atoms with E-state index in [9.17, 15) is 0 Å². The molecule has 0 saturated heterocycles. The van der Waals surface area contributed by atoms with Crippen LogP contribution in [0.2, 0.25) is 0 Å². The van der Waals surface area contributed by atoms with Crippen LogP contribution in [0.4, 0.5) is 0 Å². The number of nitriles is 1. The number of aliphatic hydroxyl groups is 6. The maximum absolute atomic E-state index is 9.01. The Labute approximate surface area is 459 Å². The third-order valence-electron chi connectivity index (χ3n) is 9.68. The third-order valence-corrected chi connectivity index (χ3v) is 11.8. The van der Waals surface area contributed by atoms with Gasteiger partial charge in [0.15, 0.2) is 0 Å². The number of benzene rings is 1. The van der Waals surface area contributed by atoms with Crippen LogP contribution in [0.15, 0.2) is 30.3 Å². The summed E-state index contributed by atoms with van der Waals surface area (Å²) in [6.07, 6.45) is 7.46. The molecule has 0 amide bonds. The lowest BCUT2D eigenvalue weighted by Crippen LogP contribution is -2.47. The van der Waals surface area contributed by atoms with E-state index in [0.29, 0.717) is 178 Å². The SMILES string of the molecule is OCCCOCC(COCCCO)(COCCCO)OCCCCCOCc1ccccc1.[2H]CCCOCC(COCCC[2H])(COCCC[2H])COCCCOP(OCCC#N)N(C(C)C)C(C)C.[3H]OC.[3H]OC.[3H]OC. The van der Waals surface area contributed by atoms with E-state index in [1.54, 1.807) is 0 Å². The molecule has 0 radical (unpaired) electrons. The minimum Gasteiger partial charge on any atom is -0.400 e. The van der Waals surface area contributed by atoms with Crippen LogP contribution in [0.5, 0.6) is 0 Å². The Morgan fingerprint density at radius 1 is 0.554 bits per heavy atom. The molecule has 0 fully saturated rings. The van der Waals surface area contributed by atoms with Crippen molar-refractivity contribution < 1.29 is 86.4 Å². The van der Waals surface area contributed by atoms with Gasteiger partial charge in [-0.25, -0.2) is 4.67 Å². The van der Waals surface area contributed by atoms with E-state index in [-0.39, 0.29) is 51.7 Å². The van der Waals surface area contributed by atoms with Crippen LogP contribution in [-0.4, -0.2) is 217 Å². The molecule has 19 nitrogen and oxygen atoms in total. The number of aliphatic hydroxyl groups excluding tert-OH is 6. The van der Waals surface area contributed by atoms with Gasteiger partial charge in [0, 0.05) is 117 Å². The van der Waals surface area contributed by atoms with Gasteiger partial charge in [0.2, 0.25) is 4.29 Å². The van der Waals surface area contributed by atoms with Crippen LogP contribution in [0.3, 0.4) is 0 Å². The lowest BCUT2D eigenvalue weighted by Gasteiger charge is -2.35. The first-order valence-electron chi connectivity index (χ1n) is 29.4. The first-order chi connectivity index (χ1) is 38.9. The van der Waals surface area contributed by atoms with Crippen molar-refractivity contribution in [2.45, 2.75) is 143 Å². The second kappa shape index (κ2) is 62.3. The molecule has 0 spiro atoms. The van der Waals surface area contributed by atoms with Crippen molar-refractivity contribution in [3.8, 4) is 6.07 Å². The number of nitrogens with zero attached hydrogens (tertiary/aromatic N) is 2. The average Bonchev–Trinajstić information content (AvgIpc) is 3.44. The predicted molar refractivity (Wildman–Crippen MR) is 293 cm³/mol. The molecule has 20 heteroatoms. The molecule has 1 aromatic rings. The van der Waals surface area contributed by atoms with Crippen molar-refractivity contribution in [3.05, 3.63) is 35.9 Å². The molecule has 442 valence electrons. The lowest BCUT2D eigenvalue weighted by molar-refractivity contribution is -0.168. The Morgan fingerprint density at radius 2 is 0.959 bits per heavy atom. The Hall–Kier alpha value is -1.58. The highest BCUT2D eigenvalue weighted by molar-refractivity contribution is 7.44. The van der Waals surface area contributed by atoms with E-state index in [1.807, 2.05) is 18.2 Å². The van der Waals surface area contributed by atoms with E-state index in [4.69, 9.17) is 80.7 Å². The van der Waals surface area contributed by atoms with Gasteiger partial charge >= 0.3 is 0 Å². The van der Waals surface area contributed by atoms with Crippen molar-refractivity contribution in [1.29, 1.82) is 9.56 Å². The van der Waals surface area contributed by atoms with E-state index < -0.39 is 19.5 Å². The first kappa shape index (κ1) is 66.7. The van der Waals surface area contributed by atoms with Crippen molar-refractivity contribution >= 4 is 8.53 Å². The van der Waals surface area contributed by atoms with Crippen molar-refractivity contribution in [1.82, 2.24) is 4.67 Å². The molecule has 1 atom stereocenters. The predicted octanol–water partition coefficient (Wildman–Crippen LogP) is 7.10. The van der Waals surface area contributed by atoms with Crippen LogP contribution in [0, 0.1) is 16.7 Å². The van der Waals surface area contributed by atoms with Gasteiger partial charge in [0.25, 0.3) is 8.53 Å². The zero-order valence-corrected chi connectivity index (χ0v) is 47.8. The minimum absolute atomic E-state index is 0.0696. The van der Waals surface area contributed by atoms with E-state index in [2.05, 4.69) is 65.9 Å². The summed E-state index contributed by atoms with van der Waals surface area (Å²) in [5.41, 5.74) is -0.106. The standard InChI is InChI=1S/C26H53N2O6P.C25H44O8.3CH4O/c1-8-14-29-20-26(21-30-15-9-2,22-31-16-10-3)23-32-17-12-19-34-35(33-18-11-13-27)28(24(4)5)25(6)7;26-12-7-16-30-21-25(22-31-17-8-13-27,23-32-18-9-14-28)33-19-6-2-5-15-29-20-24-10-3-1-4-11-24;3*1-2/h24-25H,8-12,14-23H2,1-7H3;1,3-4,10-11,26-28H,2,5-9,12-23H2;3*2H,1H3/i1D,2D,3D;;3*2T. The number of unbranched alkanes of at least 4 members (excludes halogenated alkanes) is 2. The molecule has 0 aliphatic carbocycles. The molecular weight excluding hydrogens is 980 g/mol. The summed E-state index contributed by atoms with van der Waals surface area (Å²) in [6, 6.07) is 12.7. The summed E-state index contributed by atoms with van der Waals surface area (Å²) < 4.78 is 106. The zero-order chi connectivity index (χ0) is 60.5. The molecule has 0 saturated carbocycles. The van der Waals surface area contributed by atoms with E-state index >= 15 is 0 Å². The van der Waals surface area contributed by atoms with Crippen LogP contribution in [-0.2, 0) is 58.3 Å². The van der Waals surface area contributed by atoms with Gasteiger partial charge < -0.3 is 82.3 Å². The number of ether oxygens (including phenoxy) is 9. The molecule has 0 bridgehead atoms. The maximum Gasteiger partial charge on any atom is 0.259 e. The summed E-state index contributed by atoms with van der Waals surface area (Å²) in [4.78, 5) is 0. The molecule has 1 unspecified atom stereocenters. The largest absolute Gasteiger partial charge is 0.400 e. The van der Waals surface area contributed by atoms with Gasteiger partial charge in [-0.15, -0.1) is 0 Å². The molecule has 1 aromatic carbocycles. The molecule has 0 aliphatic rings. The third kappa shape index (κ3) is 47.6. The first-order valence-corrected chi connectivity index (χ1v) is 27.2. The summed E-state index contributed by atoms with van der Waals surface area (Å²) >= 11 is 0. The highest BCUT2D eigenvalue weighted by atomic mass is 31.2. The normalized spacial score (nSPS) is 12.8. The Morgan fingerprint density at radius 3 is 1.39 bits per heavy atom. The Balaban J connectivity index is -0.000000631. The van der Waals surface area contributed by atoms with Crippen LogP contribution < -0.4 is 0 Å². The molecule has 74 heavy (non-hydrogen) atoms. The van der Waals surface area contributed by atoms with Gasteiger partial charge in [-0.2, -0.15) is 5.26 Å². The summed E-state index contributed by atoms with van der Waals surface area (Å²) in [5.74, 6) is 0. The molecule has 6 N–H and O–H groups in total. The molecular formula is C54H109N2O17P. The molecule has 0 aromatic heterocycles. The van der Waals surface area contributed by atoms with Crippen LogP contribution in [0.1, 0.15) is 129 Å².